The predicted octanol–water partition coefficient (Wildman–Crippen LogP) is 3.34. The summed E-state index contributed by atoms with van der Waals surface area (Å²) in [5.41, 5.74) is 0.463. The van der Waals surface area contributed by atoms with Crippen LogP contribution in [0.4, 0.5) is 4.79 Å². The Morgan fingerprint density at radius 1 is 1.36 bits per heavy atom. The Kier molecular flexibility index (Phi) is 4.39. The van der Waals surface area contributed by atoms with Crippen LogP contribution >= 0.6 is 0 Å². The smallest absolute Gasteiger partial charge is 0.465 e. The molecule has 1 atom stereocenters. The molecule has 0 aliphatic carbocycles. The normalized spacial score (nSPS) is 28.7. The van der Waals surface area contributed by atoms with E-state index in [1.165, 1.54) is 4.90 Å². The average Bonchev–Trinajstić information content (AvgIpc) is 2.57. The van der Waals surface area contributed by atoms with Crippen molar-refractivity contribution in [2.24, 2.45) is 5.41 Å². The van der Waals surface area contributed by atoms with Gasteiger partial charge in [0, 0.05) is 13.1 Å². The van der Waals surface area contributed by atoms with Crippen molar-refractivity contribution in [3.8, 4) is 0 Å². The molecule has 124 valence electrons. The largest absolute Gasteiger partial charge is 0.490 e. The number of hydrogen-bond donors (Lipinski definition) is 1. The van der Waals surface area contributed by atoms with Crippen LogP contribution in [0, 0.1) is 5.41 Å². The van der Waals surface area contributed by atoms with E-state index in [-0.39, 0.29) is 23.7 Å². The minimum Gasteiger partial charge on any atom is -0.465 e. The quantitative estimate of drug-likeness (QED) is 0.795. The summed E-state index contributed by atoms with van der Waals surface area (Å²) in [6.45, 7) is 13.8. The first kappa shape index (κ1) is 17.4. The van der Waals surface area contributed by atoms with Crippen LogP contribution < -0.4 is 0 Å². The van der Waals surface area contributed by atoms with E-state index in [4.69, 9.17) is 14.4 Å². The third-order valence-electron chi connectivity index (χ3n) is 4.73. The first-order valence-corrected chi connectivity index (χ1v) is 7.96. The van der Waals surface area contributed by atoms with Crippen molar-refractivity contribution >= 4 is 13.2 Å². The highest BCUT2D eigenvalue weighted by Gasteiger charge is 2.56. The molecular formula is C16H28BNO4. The summed E-state index contributed by atoms with van der Waals surface area (Å²) in [6, 6.07) is 0. The zero-order chi connectivity index (χ0) is 16.8. The zero-order valence-corrected chi connectivity index (χ0v) is 14.6. The van der Waals surface area contributed by atoms with Gasteiger partial charge in [-0.15, -0.1) is 0 Å². The van der Waals surface area contributed by atoms with E-state index in [0.717, 1.165) is 11.9 Å². The molecule has 0 aromatic rings. The molecule has 5 nitrogen and oxygen atoms in total. The second-order valence-corrected chi connectivity index (χ2v) is 8.30. The van der Waals surface area contributed by atoms with Gasteiger partial charge in [0.25, 0.3) is 0 Å². The van der Waals surface area contributed by atoms with Crippen LogP contribution in [0.15, 0.2) is 11.5 Å². The fraction of sp³-hybridized carbons (Fsp3) is 0.812. The van der Waals surface area contributed by atoms with E-state index in [2.05, 4.69) is 41.5 Å². The molecule has 22 heavy (non-hydrogen) atoms. The highest BCUT2D eigenvalue weighted by atomic mass is 16.7. The van der Waals surface area contributed by atoms with E-state index in [9.17, 15) is 4.79 Å². The Morgan fingerprint density at radius 2 is 2.00 bits per heavy atom. The van der Waals surface area contributed by atoms with E-state index < -0.39 is 6.09 Å². The number of hydrogen-bond acceptors (Lipinski definition) is 3. The lowest BCUT2D eigenvalue weighted by Gasteiger charge is -2.40. The Hall–Kier alpha value is -1.01. The fourth-order valence-electron chi connectivity index (χ4n) is 3.29. The molecule has 1 fully saturated rings. The van der Waals surface area contributed by atoms with Gasteiger partial charge in [0.2, 0.25) is 0 Å². The minimum atomic E-state index is -0.874. The van der Waals surface area contributed by atoms with Gasteiger partial charge in [-0.05, 0) is 44.5 Å². The van der Waals surface area contributed by atoms with Crippen molar-refractivity contribution in [3.63, 3.8) is 0 Å². The molecule has 1 unspecified atom stereocenters. The highest BCUT2D eigenvalue weighted by molar-refractivity contribution is 6.54. The summed E-state index contributed by atoms with van der Waals surface area (Å²) >= 11 is 0. The number of amides is 1. The summed E-state index contributed by atoms with van der Waals surface area (Å²) in [5, 5.41) is 9.02. The van der Waals surface area contributed by atoms with Gasteiger partial charge in [0.1, 0.15) is 0 Å². The fourth-order valence-corrected chi connectivity index (χ4v) is 3.29. The summed E-state index contributed by atoms with van der Waals surface area (Å²) in [4.78, 5) is 12.4. The third-order valence-corrected chi connectivity index (χ3v) is 4.73. The Morgan fingerprint density at radius 3 is 2.45 bits per heavy atom. The minimum absolute atomic E-state index is 0.144. The molecule has 2 aliphatic rings. The second kappa shape index (κ2) is 5.57. The third kappa shape index (κ3) is 3.49. The molecule has 1 N–H and O–H groups in total. The van der Waals surface area contributed by atoms with Gasteiger partial charge in [0.15, 0.2) is 0 Å². The molecule has 1 saturated heterocycles. The number of rotatable bonds is 2. The molecule has 0 bridgehead atoms. The van der Waals surface area contributed by atoms with Gasteiger partial charge in [-0.25, -0.2) is 4.79 Å². The Balaban J connectivity index is 2.12. The SMILES string of the molecule is CC(C)(C)CC1(C)OB(C2=CCN(C(=O)O)CC2)OC1(C)C. The summed E-state index contributed by atoms with van der Waals surface area (Å²) in [6.07, 6.45) is 2.62. The van der Waals surface area contributed by atoms with Crippen LogP contribution in [0.5, 0.6) is 0 Å². The maximum atomic E-state index is 11.0. The molecule has 2 rings (SSSR count). The van der Waals surface area contributed by atoms with Crippen LogP contribution in [0.25, 0.3) is 0 Å². The van der Waals surface area contributed by atoms with Gasteiger partial charge in [-0.1, -0.05) is 26.8 Å². The maximum absolute atomic E-state index is 11.0. The lowest BCUT2D eigenvalue weighted by atomic mass is 9.74. The monoisotopic (exact) mass is 309 g/mol. The van der Waals surface area contributed by atoms with Gasteiger partial charge in [-0.3, -0.25) is 0 Å². The van der Waals surface area contributed by atoms with Gasteiger partial charge in [0.05, 0.1) is 11.2 Å². The van der Waals surface area contributed by atoms with Crippen LogP contribution in [0.2, 0.25) is 0 Å². The number of carboxylic acid groups (broad SMARTS) is 1. The first-order valence-electron chi connectivity index (χ1n) is 7.96. The van der Waals surface area contributed by atoms with E-state index in [1.807, 2.05) is 6.08 Å². The first-order chi connectivity index (χ1) is 9.94. The maximum Gasteiger partial charge on any atom is 0.490 e. The number of nitrogens with zero attached hydrogens (tertiary/aromatic N) is 1. The van der Waals surface area contributed by atoms with E-state index in [1.54, 1.807) is 0 Å². The van der Waals surface area contributed by atoms with Crippen molar-refractivity contribution in [2.45, 2.75) is 65.6 Å². The molecule has 0 radical (unpaired) electrons. The van der Waals surface area contributed by atoms with Crippen molar-refractivity contribution in [1.82, 2.24) is 4.90 Å². The molecule has 0 saturated carbocycles. The lowest BCUT2D eigenvalue weighted by molar-refractivity contribution is -0.0367. The van der Waals surface area contributed by atoms with Crippen molar-refractivity contribution < 1.29 is 19.2 Å². The van der Waals surface area contributed by atoms with Crippen LogP contribution in [-0.2, 0) is 9.31 Å². The lowest BCUT2D eigenvalue weighted by Crippen LogP contribution is -2.47. The standard InChI is InChI=1S/C16H28BNO4/c1-14(2,3)11-16(6)15(4,5)21-17(22-16)12-7-9-18(10-8-12)13(19)20/h7H,8-11H2,1-6H3,(H,19,20). The van der Waals surface area contributed by atoms with Gasteiger partial charge >= 0.3 is 13.2 Å². The molecule has 2 heterocycles. The molecular weight excluding hydrogens is 281 g/mol. The second-order valence-electron chi connectivity index (χ2n) is 8.30. The molecule has 2 aliphatic heterocycles. The van der Waals surface area contributed by atoms with E-state index in [0.29, 0.717) is 19.5 Å². The van der Waals surface area contributed by atoms with Crippen LogP contribution in [0.3, 0.4) is 0 Å². The van der Waals surface area contributed by atoms with Gasteiger partial charge < -0.3 is 19.3 Å². The zero-order valence-electron chi connectivity index (χ0n) is 14.6. The molecule has 0 spiro atoms. The highest BCUT2D eigenvalue weighted by Crippen LogP contribution is 2.45. The summed E-state index contributed by atoms with van der Waals surface area (Å²) in [5.74, 6) is 0. The molecule has 0 aromatic heterocycles. The topological polar surface area (TPSA) is 59.0 Å². The molecule has 1 amide bonds. The Bertz CT molecular complexity index is 483. The molecule has 0 aromatic carbocycles. The number of carbonyl (C=O) groups is 1. The van der Waals surface area contributed by atoms with E-state index >= 15 is 0 Å². The van der Waals surface area contributed by atoms with Crippen molar-refractivity contribution in [1.29, 1.82) is 0 Å². The summed E-state index contributed by atoms with van der Waals surface area (Å²) < 4.78 is 12.5. The Labute approximate surface area is 133 Å². The van der Waals surface area contributed by atoms with Crippen molar-refractivity contribution in [2.75, 3.05) is 13.1 Å². The van der Waals surface area contributed by atoms with Crippen LogP contribution in [0.1, 0.15) is 54.4 Å². The average molecular weight is 309 g/mol. The predicted molar refractivity (Wildman–Crippen MR) is 86.8 cm³/mol. The van der Waals surface area contributed by atoms with Crippen LogP contribution in [-0.4, -0.2) is 47.5 Å². The van der Waals surface area contributed by atoms with Gasteiger partial charge in [-0.2, -0.15) is 0 Å². The van der Waals surface area contributed by atoms with Crippen molar-refractivity contribution in [3.05, 3.63) is 11.5 Å². The summed E-state index contributed by atoms with van der Waals surface area (Å²) in [7, 11) is -0.363. The molecule has 6 heteroatoms.